The van der Waals surface area contributed by atoms with Crippen molar-refractivity contribution in [3.63, 3.8) is 0 Å². The molecule has 0 atom stereocenters. The van der Waals surface area contributed by atoms with E-state index in [9.17, 15) is 13.2 Å². The molecule has 0 saturated carbocycles. The standard InChI is InChI=1S/C18H22N2O5S/c1-20(25-3)26(22,23)17-6-4-5-16(11-17)18(21)19-12-14-7-9-15(10-8-14)13-24-2/h4-11H,12-13H2,1-3H3,(H,19,21). The second kappa shape index (κ2) is 8.91. The molecule has 0 aromatic heterocycles. The lowest BCUT2D eigenvalue weighted by Crippen LogP contribution is -2.27. The molecule has 1 N–H and O–H groups in total. The molecule has 0 saturated heterocycles. The van der Waals surface area contributed by atoms with E-state index in [-0.39, 0.29) is 16.4 Å². The summed E-state index contributed by atoms with van der Waals surface area (Å²) in [6.07, 6.45) is 0. The zero-order valence-corrected chi connectivity index (χ0v) is 15.7. The fourth-order valence-electron chi connectivity index (χ4n) is 2.25. The maximum Gasteiger partial charge on any atom is 0.264 e. The van der Waals surface area contributed by atoms with Gasteiger partial charge in [0.15, 0.2) is 0 Å². The quantitative estimate of drug-likeness (QED) is 0.710. The minimum absolute atomic E-state index is 0.0154. The van der Waals surface area contributed by atoms with E-state index in [1.807, 2.05) is 24.3 Å². The number of hydrogen-bond acceptors (Lipinski definition) is 5. The number of methoxy groups -OCH3 is 1. The Labute approximate surface area is 153 Å². The molecule has 26 heavy (non-hydrogen) atoms. The second-order valence-electron chi connectivity index (χ2n) is 5.56. The van der Waals surface area contributed by atoms with Gasteiger partial charge in [0, 0.05) is 26.3 Å². The number of hydroxylamine groups is 1. The van der Waals surface area contributed by atoms with Crippen LogP contribution in [0.15, 0.2) is 53.4 Å². The Bertz CT molecular complexity index is 850. The lowest BCUT2D eigenvalue weighted by molar-refractivity contribution is -0.0258. The van der Waals surface area contributed by atoms with Crippen LogP contribution in [0.5, 0.6) is 0 Å². The van der Waals surface area contributed by atoms with Gasteiger partial charge in [0.25, 0.3) is 15.9 Å². The van der Waals surface area contributed by atoms with Gasteiger partial charge in [-0.05, 0) is 29.3 Å². The molecule has 0 aliphatic carbocycles. The van der Waals surface area contributed by atoms with Crippen LogP contribution in [0.2, 0.25) is 0 Å². The second-order valence-corrected chi connectivity index (χ2v) is 7.49. The van der Waals surface area contributed by atoms with Crippen molar-refractivity contribution in [3.8, 4) is 0 Å². The number of rotatable bonds is 8. The van der Waals surface area contributed by atoms with Crippen molar-refractivity contribution in [2.75, 3.05) is 21.3 Å². The third-order valence-corrected chi connectivity index (χ3v) is 5.45. The predicted molar refractivity (Wildman–Crippen MR) is 96.7 cm³/mol. The molecule has 0 unspecified atom stereocenters. The number of carbonyl (C=O) groups is 1. The van der Waals surface area contributed by atoms with Crippen molar-refractivity contribution in [1.29, 1.82) is 0 Å². The topological polar surface area (TPSA) is 84.9 Å². The minimum Gasteiger partial charge on any atom is -0.380 e. The van der Waals surface area contributed by atoms with Gasteiger partial charge in [-0.25, -0.2) is 8.42 Å². The Morgan fingerprint density at radius 3 is 2.35 bits per heavy atom. The first-order chi connectivity index (χ1) is 12.4. The van der Waals surface area contributed by atoms with Crippen LogP contribution < -0.4 is 5.32 Å². The number of carbonyl (C=O) groups excluding carboxylic acids is 1. The lowest BCUT2D eigenvalue weighted by atomic mass is 10.1. The monoisotopic (exact) mass is 378 g/mol. The molecule has 2 aromatic carbocycles. The number of ether oxygens (including phenoxy) is 1. The molecule has 0 aliphatic rings. The Morgan fingerprint density at radius 1 is 1.08 bits per heavy atom. The highest BCUT2D eigenvalue weighted by molar-refractivity contribution is 7.89. The molecular weight excluding hydrogens is 356 g/mol. The largest absolute Gasteiger partial charge is 0.380 e. The normalized spacial score (nSPS) is 11.5. The summed E-state index contributed by atoms with van der Waals surface area (Å²) in [4.78, 5) is 17.1. The smallest absolute Gasteiger partial charge is 0.264 e. The van der Waals surface area contributed by atoms with Crippen LogP contribution in [0.1, 0.15) is 21.5 Å². The Morgan fingerprint density at radius 2 is 1.73 bits per heavy atom. The summed E-state index contributed by atoms with van der Waals surface area (Å²) in [7, 11) is 0.372. The summed E-state index contributed by atoms with van der Waals surface area (Å²) in [6, 6.07) is 13.5. The third kappa shape index (κ3) is 4.89. The van der Waals surface area contributed by atoms with Crippen LogP contribution in [0.3, 0.4) is 0 Å². The fraction of sp³-hybridized carbons (Fsp3) is 0.278. The summed E-state index contributed by atoms with van der Waals surface area (Å²) in [5.41, 5.74) is 2.23. The van der Waals surface area contributed by atoms with Crippen LogP contribution in [-0.2, 0) is 32.7 Å². The Kier molecular flexibility index (Phi) is 6.87. The zero-order chi connectivity index (χ0) is 19.2. The third-order valence-electron chi connectivity index (χ3n) is 3.78. The molecule has 0 fully saturated rings. The molecule has 0 spiro atoms. The van der Waals surface area contributed by atoms with Crippen molar-refractivity contribution in [2.24, 2.45) is 0 Å². The molecule has 2 aromatic rings. The number of benzene rings is 2. The van der Waals surface area contributed by atoms with E-state index < -0.39 is 10.0 Å². The molecule has 7 nitrogen and oxygen atoms in total. The van der Waals surface area contributed by atoms with Crippen LogP contribution in [0.25, 0.3) is 0 Å². The van der Waals surface area contributed by atoms with E-state index in [4.69, 9.17) is 9.57 Å². The van der Waals surface area contributed by atoms with E-state index in [0.717, 1.165) is 15.6 Å². The van der Waals surface area contributed by atoms with Crippen LogP contribution in [-0.4, -0.2) is 40.1 Å². The molecule has 0 bridgehead atoms. The van der Waals surface area contributed by atoms with Gasteiger partial charge in [0.1, 0.15) is 0 Å². The highest BCUT2D eigenvalue weighted by Crippen LogP contribution is 2.16. The number of hydrogen-bond donors (Lipinski definition) is 1. The first-order valence-electron chi connectivity index (χ1n) is 7.86. The number of nitrogens with zero attached hydrogens (tertiary/aromatic N) is 1. The summed E-state index contributed by atoms with van der Waals surface area (Å²) in [5.74, 6) is -0.358. The van der Waals surface area contributed by atoms with Crippen molar-refractivity contribution < 1.29 is 22.8 Å². The summed E-state index contributed by atoms with van der Waals surface area (Å²) < 4.78 is 30.3. The molecule has 0 aliphatic heterocycles. The average Bonchev–Trinajstić information content (AvgIpc) is 2.66. The van der Waals surface area contributed by atoms with Crippen molar-refractivity contribution in [1.82, 2.24) is 9.79 Å². The van der Waals surface area contributed by atoms with Crippen molar-refractivity contribution in [3.05, 3.63) is 65.2 Å². The highest BCUT2D eigenvalue weighted by Gasteiger charge is 2.21. The highest BCUT2D eigenvalue weighted by atomic mass is 32.2. The predicted octanol–water partition coefficient (Wildman–Crippen LogP) is 1.94. The van der Waals surface area contributed by atoms with Gasteiger partial charge < -0.3 is 10.1 Å². The van der Waals surface area contributed by atoms with Gasteiger partial charge in [0.05, 0.1) is 18.6 Å². The number of amides is 1. The van der Waals surface area contributed by atoms with E-state index >= 15 is 0 Å². The van der Waals surface area contributed by atoms with Gasteiger partial charge in [-0.15, -0.1) is 0 Å². The summed E-state index contributed by atoms with van der Waals surface area (Å²) >= 11 is 0. The first-order valence-corrected chi connectivity index (χ1v) is 9.30. The van der Waals surface area contributed by atoms with E-state index in [0.29, 0.717) is 13.2 Å². The van der Waals surface area contributed by atoms with E-state index in [1.54, 1.807) is 13.2 Å². The number of sulfonamides is 1. The molecular formula is C18H22N2O5S. The average molecular weight is 378 g/mol. The fourth-order valence-corrected chi connectivity index (χ4v) is 3.27. The van der Waals surface area contributed by atoms with Crippen LogP contribution in [0.4, 0.5) is 0 Å². The molecule has 8 heteroatoms. The van der Waals surface area contributed by atoms with Gasteiger partial charge >= 0.3 is 0 Å². The van der Waals surface area contributed by atoms with Crippen molar-refractivity contribution in [2.45, 2.75) is 18.0 Å². The van der Waals surface area contributed by atoms with E-state index in [2.05, 4.69) is 5.32 Å². The number of nitrogens with one attached hydrogen (secondary N) is 1. The summed E-state index contributed by atoms with van der Waals surface area (Å²) in [6.45, 7) is 0.866. The summed E-state index contributed by atoms with van der Waals surface area (Å²) in [5, 5.41) is 2.78. The Balaban J connectivity index is 2.07. The van der Waals surface area contributed by atoms with Crippen LogP contribution >= 0.6 is 0 Å². The molecule has 0 radical (unpaired) electrons. The SMILES string of the molecule is COCc1ccc(CNC(=O)c2cccc(S(=O)(=O)N(C)OC)c2)cc1. The Hall–Kier alpha value is -2.26. The maximum absolute atomic E-state index is 12.3. The van der Waals surface area contributed by atoms with Crippen LogP contribution in [0, 0.1) is 0 Å². The maximum atomic E-state index is 12.3. The van der Waals surface area contributed by atoms with Gasteiger partial charge in [-0.2, -0.15) is 0 Å². The molecule has 1 amide bonds. The molecule has 2 rings (SSSR count). The first kappa shape index (κ1) is 20.1. The van der Waals surface area contributed by atoms with Gasteiger partial charge in [-0.3, -0.25) is 9.63 Å². The lowest BCUT2D eigenvalue weighted by Gasteiger charge is -2.14. The van der Waals surface area contributed by atoms with Gasteiger partial charge in [0.2, 0.25) is 0 Å². The zero-order valence-electron chi connectivity index (χ0n) is 14.9. The van der Waals surface area contributed by atoms with Crippen molar-refractivity contribution >= 4 is 15.9 Å². The molecule has 0 heterocycles. The minimum atomic E-state index is -3.80. The molecule has 140 valence electrons. The van der Waals surface area contributed by atoms with Gasteiger partial charge in [-0.1, -0.05) is 34.8 Å². The van der Waals surface area contributed by atoms with E-state index in [1.165, 1.54) is 32.4 Å².